The Kier molecular flexibility index (Phi) is 10.7. The number of carbonyl (C=O) groups is 4. The van der Waals surface area contributed by atoms with E-state index in [0.29, 0.717) is 18.8 Å². The third-order valence-corrected chi connectivity index (χ3v) is 4.44. The fraction of sp³-hybridized carbons (Fsp3) is 0.810. The second kappa shape index (κ2) is 11.4. The van der Waals surface area contributed by atoms with Gasteiger partial charge in [0.1, 0.15) is 11.9 Å². The van der Waals surface area contributed by atoms with Crippen LogP contribution >= 0.6 is 0 Å². The van der Waals surface area contributed by atoms with Crippen molar-refractivity contribution in [2.75, 3.05) is 0 Å². The molecule has 0 radical (unpaired) electrons. The minimum Gasteiger partial charge on any atom is -0.481 e. The monoisotopic (exact) mass is 416 g/mol. The number of carboxylic acids is 1. The van der Waals surface area contributed by atoms with Gasteiger partial charge >= 0.3 is 11.9 Å². The number of cyclic esters (lactones) is 1. The van der Waals surface area contributed by atoms with Crippen molar-refractivity contribution in [3.05, 3.63) is 0 Å². The maximum Gasteiger partial charge on any atom is 0.338 e. The summed E-state index contributed by atoms with van der Waals surface area (Å²) in [4.78, 5) is 44.6. The number of esters is 1. The van der Waals surface area contributed by atoms with Crippen molar-refractivity contribution in [2.24, 2.45) is 23.7 Å². The van der Waals surface area contributed by atoms with E-state index >= 15 is 0 Å². The van der Waals surface area contributed by atoms with Crippen LogP contribution in [0.1, 0.15) is 68.2 Å². The Morgan fingerprint density at radius 3 is 1.76 bits per heavy atom. The molecule has 0 aliphatic carbocycles. The summed E-state index contributed by atoms with van der Waals surface area (Å²) in [6.07, 6.45) is -1.16. The number of hydrogen-bond acceptors (Lipinski definition) is 7. The number of aliphatic hydroxyl groups excluding tert-OH is 1. The maximum absolute atomic E-state index is 11.5. The molecule has 8 heteroatoms. The zero-order valence-corrected chi connectivity index (χ0v) is 18.7. The molecule has 4 atom stereocenters. The number of aliphatic carboxylic acids is 1. The van der Waals surface area contributed by atoms with Crippen LogP contribution in [0.4, 0.5) is 0 Å². The van der Waals surface area contributed by atoms with Gasteiger partial charge in [-0.1, -0.05) is 27.7 Å². The molecule has 1 aliphatic rings. The first kappa shape index (κ1) is 27.2. The molecule has 0 amide bonds. The van der Waals surface area contributed by atoms with E-state index in [9.17, 15) is 24.3 Å². The van der Waals surface area contributed by atoms with Gasteiger partial charge in [-0.15, -0.1) is 0 Å². The van der Waals surface area contributed by atoms with Crippen LogP contribution in [0, 0.1) is 23.7 Å². The van der Waals surface area contributed by atoms with Crippen LogP contribution < -0.4 is 0 Å². The quantitative estimate of drug-likeness (QED) is 0.549. The molecule has 0 bridgehead atoms. The normalized spacial score (nSPS) is 21.1. The Balaban J connectivity index is 0.000000555. The largest absolute Gasteiger partial charge is 0.481 e. The van der Waals surface area contributed by atoms with Crippen LogP contribution in [0.25, 0.3) is 0 Å². The highest BCUT2D eigenvalue weighted by Gasteiger charge is 2.47. The van der Waals surface area contributed by atoms with Gasteiger partial charge in [0.25, 0.3) is 0 Å². The van der Waals surface area contributed by atoms with Crippen LogP contribution in [0.3, 0.4) is 0 Å². The smallest absolute Gasteiger partial charge is 0.338 e. The summed E-state index contributed by atoms with van der Waals surface area (Å²) in [5.41, 5.74) is 0. The predicted octanol–water partition coefficient (Wildman–Crippen LogP) is 2.60. The topological polar surface area (TPSA) is 127 Å². The van der Waals surface area contributed by atoms with Crippen LogP contribution in [-0.4, -0.2) is 51.7 Å². The van der Waals surface area contributed by atoms with Crippen LogP contribution in [0.2, 0.25) is 0 Å². The summed E-state index contributed by atoms with van der Waals surface area (Å²) in [7, 11) is 0. The molecule has 1 fully saturated rings. The number of aliphatic hydroxyl groups is 1. The summed E-state index contributed by atoms with van der Waals surface area (Å²) in [5.74, 6) is -3.95. The molecule has 1 heterocycles. The van der Waals surface area contributed by atoms with Crippen molar-refractivity contribution < 1.29 is 38.9 Å². The van der Waals surface area contributed by atoms with E-state index in [4.69, 9.17) is 14.6 Å². The Labute approximate surface area is 172 Å². The molecule has 2 N–H and O–H groups in total. The molecule has 0 aromatic heterocycles. The molecular formula is C21H36O8. The van der Waals surface area contributed by atoms with Gasteiger partial charge in [-0.3, -0.25) is 14.4 Å². The van der Waals surface area contributed by atoms with Crippen LogP contribution in [-0.2, 0) is 28.7 Å². The number of carboxylic acid groups (broad SMARTS) is 1. The highest BCUT2D eigenvalue weighted by molar-refractivity contribution is 5.89. The summed E-state index contributed by atoms with van der Waals surface area (Å²) >= 11 is 0. The number of carbonyl (C=O) groups excluding carboxylic acids is 3. The van der Waals surface area contributed by atoms with Gasteiger partial charge in [-0.25, -0.2) is 4.79 Å². The first-order valence-corrected chi connectivity index (χ1v) is 9.91. The van der Waals surface area contributed by atoms with Crippen LogP contribution in [0.5, 0.6) is 0 Å². The van der Waals surface area contributed by atoms with Crippen molar-refractivity contribution in [1.82, 2.24) is 0 Å². The fourth-order valence-corrected chi connectivity index (χ4v) is 3.09. The van der Waals surface area contributed by atoms with Gasteiger partial charge in [0.2, 0.25) is 5.79 Å². The Morgan fingerprint density at radius 2 is 1.48 bits per heavy atom. The second-order valence-corrected chi connectivity index (χ2v) is 8.84. The van der Waals surface area contributed by atoms with E-state index in [2.05, 4.69) is 0 Å². The predicted molar refractivity (Wildman–Crippen MR) is 106 cm³/mol. The van der Waals surface area contributed by atoms with Gasteiger partial charge in [0.15, 0.2) is 11.9 Å². The molecule has 0 aromatic carbocycles. The van der Waals surface area contributed by atoms with Crippen molar-refractivity contribution in [3.63, 3.8) is 0 Å². The molecule has 0 spiro atoms. The zero-order valence-electron chi connectivity index (χ0n) is 18.7. The zero-order chi connectivity index (χ0) is 23.1. The van der Waals surface area contributed by atoms with E-state index in [1.165, 1.54) is 13.8 Å². The average molecular weight is 417 g/mol. The van der Waals surface area contributed by atoms with Crippen molar-refractivity contribution in [2.45, 2.75) is 86.2 Å². The Hall–Kier alpha value is -1.80. The summed E-state index contributed by atoms with van der Waals surface area (Å²) in [6, 6.07) is 0. The molecule has 3 unspecified atom stereocenters. The average Bonchev–Trinajstić information content (AvgIpc) is 2.81. The van der Waals surface area contributed by atoms with Gasteiger partial charge < -0.3 is 19.7 Å². The van der Waals surface area contributed by atoms with E-state index in [0.717, 1.165) is 0 Å². The van der Waals surface area contributed by atoms with E-state index in [1.54, 1.807) is 13.8 Å². The number of rotatable bonds is 9. The highest BCUT2D eigenvalue weighted by atomic mass is 16.8. The number of Topliss-reactive ketones (excluding diaryl/α,β-unsaturated/α-hetero) is 2. The SMILES string of the molecule is CC(=O)C(O)C(CC(C)C)C(C)=O.CC(C)CC(C(=O)O)[C@@H]1OC(C)(C)OC1=O. The Morgan fingerprint density at radius 1 is 1.00 bits per heavy atom. The summed E-state index contributed by atoms with van der Waals surface area (Å²) in [5, 5.41) is 18.5. The lowest BCUT2D eigenvalue weighted by molar-refractivity contribution is -0.164. The molecule has 8 nitrogen and oxygen atoms in total. The lowest BCUT2D eigenvalue weighted by Crippen LogP contribution is -2.34. The molecule has 29 heavy (non-hydrogen) atoms. The van der Waals surface area contributed by atoms with Gasteiger partial charge in [-0.2, -0.15) is 0 Å². The number of hydrogen-bond donors (Lipinski definition) is 2. The van der Waals surface area contributed by atoms with E-state index < -0.39 is 41.8 Å². The standard InChI is InChI=1S/C11H18O5.C10H18O3/c1-6(2)5-7(9(12)13)8-10(14)16-11(3,4)15-8;1-6(2)5-9(7(3)11)10(13)8(4)12/h6-8H,5H2,1-4H3,(H,12,13);6,9-10,13H,5H2,1-4H3/t7?,8-;/m0./s1. The highest BCUT2D eigenvalue weighted by Crippen LogP contribution is 2.31. The molecule has 1 rings (SSSR count). The third kappa shape index (κ3) is 9.49. The third-order valence-electron chi connectivity index (χ3n) is 4.44. The summed E-state index contributed by atoms with van der Waals surface area (Å²) < 4.78 is 10.3. The molecule has 1 saturated heterocycles. The lowest BCUT2D eigenvalue weighted by Gasteiger charge is -2.20. The Bertz CT molecular complexity index is 593. The lowest BCUT2D eigenvalue weighted by atomic mass is 9.87. The van der Waals surface area contributed by atoms with Gasteiger partial charge in [0.05, 0.1) is 11.8 Å². The van der Waals surface area contributed by atoms with E-state index in [-0.39, 0.29) is 17.5 Å². The van der Waals surface area contributed by atoms with Gasteiger partial charge in [0, 0.05) is 13.8 Å². The number of ketones is 2. The molecule has 168 valence electrons. The minimum absolute atomic E-state index is 0.114. The second-order valence-electron chi connectivity index (χ2n) is 8.84. The molecule has 1 aliphatic heterocycles. The first-order valence-electron chi connectivity index (χ1n) is 9.91. The molecular weight excluding hydrogens is 380 g/mol. The first-order chi connectivity index (χ1) is 13.1. The molecule has 0 aromatic rings. The number of ether oxygens (including phenoxy) is 2. The van der Waals surface area contributed by atoms with Crippen molar-refractivity contribution in [1.29, 1.82) is 0 Å². The van der Waals surface area contributed by atoms with Crippen molar-refractivity contribution in [3.8, 4) is 0 Å². The molecule has 0 saturated carbocycles. The van der Waals surface area contributed by atoms with Crippen LogP contribution in [0.15, 0.2) is 0 Å². The van der Waals surface area contributed by atoms with E-state index in [1.807, 2.05) is 27.7 Å². The minimum atomic E-state index is -1.13. The fourth-order valence-electron chi connectivity index (χ4n) is 3.09. The van der Waals surface area contributed by atoms with Gasteiger partial charge in [-0.05, 0) is 38.5 Å². The maximum atomic E-state index is 11.5. The summed E-state index contributed by atoms with van der Waals surface area (Å²) in [6.45, 7) is 13.6. The van der Waals surface area contributed by atoms with Crippen molar-refractivity contribution >= 4 is 23.5 Å².